The molecule has 0 aliphatic rings. The van der Waals surface area contributed by atoms with Crippen LogP contribution in [-0.4, -0.2) is 77.9 Å². The first-order valence-electron chi connectivity index (χ1n) is 18.1. The SMILES string of the molecule is Cc1cc(N=S(C)(C)=O)cc2ncnc(Nc3ccc(F)cc3O[C@@H](C)C(F)(F)F)c12.Cc1cc(N=S(C)(C)=O)cc2ncnc(Nc3ccc(F)cc3O[C@H](C)C(F)(F)F)c12. The smallest absolute Gasteiger partial charge is 0.425 e. The third-order valence-electron chi connectivity index (χ3n) is 8.41. The monoisotopic (exact) mass is 912 g/mol. The molecule has 0 fully saturated rings. The van der Waals surface area contributed by atoms with E-state index < -0.39 is 55.7 Å². The Morgan fingerprint density at radius 2 is 0.935 bits per heavy atom. The molecule has 62 heavy (non-hydrogen) atoms. The van der Waals surface area contributed by atoms with Gasteiger partial charge in [-0.05, 0) is 87.4 Å². The highest BCUT2D eigenvalue weighted by Crippen LogP contribution is 2.37. The van der Waals surface area contributed by atoms with Crippen LogP contribution in [0.4, 0.5) is 69.5 Å². The van der Waals surface area contributed by atoms with Crippen molar-refractivity contribution < 1.29 is 53.0 Å². The minimum absolute atomic E-state index is 0.107. The lowest BCUT2D eigenvalue weighted by molar-refractivity contribution is -0.189. The molecule has 332 valence electrons. The number of aromatic nitrogens is 4. The topological polar surface area (TPSA) is 153 Å². The fourth-order valence-electron chi connectivity index (χ4n) is 5.71. The van der Waals surface area contributed by atoms with E-state index in [9.17, 15) is 43.5 Å². The summed E-state index contributed by atoms with van der Waals surface area (Å²) in [5.74, 6) is -1.52. The van der Waals surface area contributed by atoms with Gasteiger partial charge in [0.25, 0.3) is 0 Å². The van der Waals surface area contributed by atoms with Crippen LogP contribution in [0.5, 0.6) is 11.5 Å². The number of hydrogen-bond donors (Lipinski definition) is 2. The molecule has 0 aliphatic heterocycles. The number of hydrogen-bond acceptors (Lipinski definition) is 12. The Bertz CT molecular complexity index is 2690. The van der Waals surface area contributed by atoms with Crippen molar-refractivity contribution in [2.75, 3.05) is 35.7 Å². The van der Waals surface area contributed by atoms with E-state index in [-0.39, 0.29) is 22.9 Å². The Balaban J connectivity index is 0.000000234. The number of aryl methyl sites for hydroxylation is 2. The molecule has 0 radical (unpaired) electrons. The molecule has 12 nitrogen and oxygen atoms in total. The minimum atomic E-state index is -4.61. The Morgan fingerprint density at radius 1 is 0.581 bits per heavy atom. The molecule has 6 rings (SSSR count). The quantitative estimate of drug-likeness (QED) is 0.127. The van der Waals surface area contributed by atoms with Gasteiger partial charge in [-0.2, -0.15) is 35.1 Å². The van der Waals surface area contributed by atoms with Crippen LogP contribution in [0, 0.1) is 25.5 Å². The Morgan fingerprint density at radius 3 is 1.26 bits per heavy atom. The molecule has 0 saturated heterocycles. The number of alkyl halides is 6. The van der Waals surface area contributed by atoms with E-state index in [1.54, 1.807) is 38.1 Å². The predicted molar refractivity (Wildman–Crippen MR) is 224 cm³/mol. The number of benzene rings is 4. The lowest BCUT2D eigenvalue weighted by atomic mass is 10.1. The van der Waals surface area contributed by atoms with Gasteiger partial charge in [0.15, 0.2) is 12.2 Å². The van der Waals surface area contributed by atoms with Gasteiger partial charge >= 0.3 is 12.4 Å². The van der Waals surface area contributed by atoms with Crippen LogP contribution < -0.4 is 20.1 Å². The summed E-state index contributed by atoms with van der Waals surface area (Å²) < 4.78 is 147. The summed E-state index contributed by atoms with van der Waals surface area (Å²) >= 11 is 0. The molecule has 0 bridgehead atoms. The number of halogens is 8. The number of fused-ring (bicyclic) bond motifs is 2. The van der Waals surface area contributed by atoms with E-state index in [2.05, 4.69) is 39.3 Å². The molecule has 2 aromatic heterocycles. The average Bonchev–Trinajstić information content (AvgIpc) is 3.11. The van der Waals surface area contributed by atoms with Gasteiger partial charge in [-0.1, -0.05) is 0 Å². The van der Waals surface area contributed by atoms with E-state index in [0.29, 0.717) is 55.9 Å². The summed E-state index contributed by atoms with van der Waals surface area (Å²) in [6, 6.07) is 13.2. The molecule has 0 amide bonds. The largest absolute Gasteiger partial charge is 0.479 e. The predicted octanol–water partition coefficient (Wildman–Crippen LogP) is 11.0. The van der Waals surface area contributed by atoms with Gasteiger partial charge in [0.2, 0.25) is 0 Å². The maximum atomic E-state index is 13.7. The summed E-state index contributed by atoms with van der Waals surface area (Å²) in [5, 5.41) is 6.99. The second-order valence-corrected chi connectivity index (χ2v) is 19.5. The second kappa shape index (κ2) is 18.2. The first-order chi connectivity index (χ1) is 28.7. The highest BCUT2D eigenvalue weighted by atomic mass is 32.2. The summed E-state index contributed by atoms with van der Waals surface area (Å²) in [6.45, 7) is 5.22. The number of nitrogens with one attached hydrogen (secondary N) is 2. The standard InChI is InChI=1S/2C20H20F4N4O2S/c2*1-11-7-14(28-31(3,4)29)9-16-18(11)19(26-10-25-16)27-15-6-5-13(21)8-17(15)30-12(2)20(22,23)24/h2*5-10,12H,1-4H3,(H,25,26,27)/t2*12-/m10/s1. The normalized spacial score (nSPS) is 13.2. The Labute approximate surface area is 351 Å². The lowest BCUT2D eigenvalue weighted by Gasteiger charge is -2.20. The van der Waals surface area contributed by atoms with E-state index in [0.717, 1.165) is 38.1 Å². The van der Waals surface area contributed by atoms with E-state index in [4.69, 9.17) is 9.47 Å². The average molecular weight is 913 g/mol. The molecular weight excluding hydrogens is 873 g/mol. The first kappa shape index (κ1) is 47.2. The summed E-state index contributed by atoms with van der Waals surface area (Å²) in [7, 11) is -4.77. The summed E-state index contributed by atoms with van der Waals surface area (Å²) in [6.07, 6.45) is -4.92. The van der Waals surface area contributed by atoms with Crippen molar-refractivity contribution in [3.05, 3.63) is 96.1 Å². The molecule has 0 unspecified atom stereocenters. The Hall–Kier alpha value is -5.90. The maximum absolute atomic E-state index is 13.7. The number of rotatable bonds is 10. The number of anilines is 4. The van der Waals surface area contributed by atoms with Crippen molar-refractivity contribution >= 4 is 75.6 Å². The summed E-state index contributed by atoms with van der Waals surface area (Å²) in [4.78, 5) is 16.8. The molecule has 4 aromatic carbocycles. The molecule has 22 heteroatoms. The molecule has 2 heterocycles. The zero-order valence-corrected chi connectivity index (χ0v) is 35.9. The van der Waals surface area contributed by atoms with Crippen molar-refractivity contribution in [3.8, 4) is 11.5 Å². The highest BCUT2D eigenvalue weighted by Gasteiger charge is 2.39. The van der Waals surface area contributed by atoms with Crippen LogP contribution in [0.2, 0.25) is 0 Å². The Kier molecular flexibility index (Phi) is 13.9. The zero-order valence-electron chi connectivity index (χ0n) is 34.2. The molecule has 0 spiro atoms. The molecule has 6 aromatic rings. The second-order valence-electron chi connectivity index (χ2n) is 14.4. The lowest BCUT2D eigenvalue weighted by Crippen LogP contribution is -2.31. The summed E-state index contributed by atoms with van der Waals surface area (Å²) in [5.41, 5.74) is 3.57. The van der Waals surface area contributed by atoms with Crippen LogP contribution in [0.3, 0.4) is 0 Å². The molecule has 2 N–H and O–H groups in total. The molecular formula is C40H40F8N8O4S2. The maximum Gasteiger partial charge on any atom is 0.425 e. The van der Waals surface area contributed by atoms with Crippen molar-refractivity contribution in [1.29, 1.82) is 0 Å². The van der Waals surface area contributed by atoms with Crippen LogP contribution in [0.15, 0.2) is 82.0 Å². The van der Waals surface area contributed by atoms with Gasteiger partial charge in [0, 0.05) is 67.4 Å². The van der Waals surface area contributed by atoms with Crippen LogP contribution >= 0.6 is 0 Å². The van der Waals surface area contributed by atoms with Crippen molar-refractivity contribution in [3.63, 3.8) is 0 Å². The molecule has 0 aliphatic carbocycles. The van der Waals surface area contributed by atoms with Crippen molar-refractivity contribution in [1.82, 2.24) is 19.9 Å². The van der Waals surface area contributed by atoms with Gasteiger partial charge in [0.05, 0.1) is 33.8 Å². The zero-order chi connectivity index (χ0) is 45.9. The van der Waals surface area contributed by atoms with Crippen LogP contribution in [0.25, 0.3) is 21.8 Å². The van der Waals surface area contributed by atoms with Crippen molar-refractivity contribution in [2.24, 2.45) is 8.73 Å². The fourth-order valence-corrected chi connectivity index (χ4v) is 6.94. The van der Waals surface area contributed by atoms with Crippen molar-refractivity contribution in [2.45, 2.75) is 52.3 Å². The number of nitrogens with zero attached hydrogens (tertiary/aromatic N) is 6. The van der Waals surface area contributed by atoms with E-state index in [1.165, 1.54) is 49.8 Å². The highest BCUT2D eigenvalue weighted by molar-refractivity contribution is 7.92. The van der Waals surface area contributed by atoms with Gasteiger partial charge in [-0.15, -0.1) is 0 Å². The third kappa shape index (κ3) is 12.6. The van der Waals surface area contributed by atoms with Gasteiger partial charge in [0.1, 0.15) is 47.4 Å². The fraction of sp³-hybridized carbons (Fsp3) is 0.300. The molecule has 2 atom stereocenters. The van der Waals surface area contributed by atoms with Gasteiger partial charge in [-0.3, -0.25) is 0 Å². The van der Waals surface area contributed by atoms with Gasteiger partial charge in [-0.25, -0.2) is 37.1 Å². The number of ether oxygens (including phenoxy) is 2. The third-order valence-corrected chi connectivity index (χ3v) is 9.71. The van der Waals surface area contributed by atoms with Crippen LogP contribution in [0.1, 0.15) is 25.0 Å². The van der Waals surface area contributed by atoms with Crippen LogP contribution in [-0.2, 0) is 19.5 Å². The van der Waals surface area contributed by atoms with E-state index in [1.807, 2.05) is 0 Å². The van der Waals surface area contributed by atoms with Gasteiger partial charge < -0.3 is 20.1 Å². The van der Waals surface area contributed by atoms with E-state index >= 15 is 0 Å². The minimum Gasteiger partial charge on any atom is -0.479 e. The molecule has 0 saturated carbocycles. The first-order valence-corrected chi connectivity index (χ1v) is 22.8.